The van der Waals surface area contributed by atoms with Gasteiger partial charge in [0, 0.05) is 0 Å². The third-order valence-corrected chi connectivity index (χ3v) is 0. The van der Waals surface area contributed by atoms with Crippen molar-refractivity contribution >= 4 is 11.0 Å². The Labute approximate surface area is 88.5 Å². The summed E-state index contributed by atoms with van der Waals surface area (Å²) < 4.78 is 0. The average Bonchev–Trinajstić information content (AvgIpc) is 0. The summed E-state index contributed by atoms with van der Waals surface area (Å²) in [6.07, 6.45) is 0. The maximum atomic E-state index is 0. The normalized spacial score (nSPS) is 0. The van der Waals surface area contributed by atoms with Gasteiger partial charge in [-0.3, -0.25) is 0 Å². The molecule has 48 valence electrons. The molecule has 0 saturated carbocycles. The van der Waals surface area contributed by atoms with Crippen molar-refractivity contribution in [3.63, 3.8) is 0 Å². The van der Waals surface area contributed by atoms with E-state index in [1.807, 2.05) is 0 Å². The first-order chi connectivity index (χ1) is 0. The second kappa shape index (κ2) is 124. The molecule has 0 atom stereocenters. The fourth-order valence-electron chi connectivity index (χ4n) is 0. The molecule has 0 heterocycles. The average molecular weight is 160 g/mol. The van der Waals surface area contributed by atoms with Crippen LogP contribution in [0, 0.1) is 0 Å². The third kappa shape index (κ3) is 89.5. The molecule has 0 amide bonds. The summed E-state index contributed by atoms with van der Waals surface area (Å²) in [6, 6.07) is 0. The van der Waals surface area contributed by atoms with Gasteiger partial charge in [-0.2, -0.15) is 0 Å². The van der Waals surface area contributed by atoms with Gasteiger partial charge in [0.2, 0.25) is 0 Å². The van der Waals surface area contributed by atoms with Crippen molar-refractivity contribution in [3.05, 3.63) is 0 Å². The monoisotopic (exact) mass is 160 g/mol. The summed E-state index contributed by atoms with van der Waals surface area (Å²) in [7, 11) is 0. The van der Waals surface area contributed by atoms with Crippen LogP contribution in [0.1, 0.15) is 0 Å². The third-order valence-electron chi connectivity index (χ3n) is 0. The van der Waals surface area contributed by atoms with E-state index in [9.17, 15) is 0 Å². The second-order valence-corrected chi connectivity index (χ2v) is 0. The summed E-state index contributed by atoms with van der Waals surface area (Å²) in [6.45, 7) is 0. The Kier molecular flexibility index (Phi) is 3280. The molecule has 0 bridgehead atoms. The van der Waals surface area contributed by atoms with Gasteiger partial charge in [-0.15, -0.1) is 0 Å². The van der Waals surface area contributed by atoms with Crippen molar-refractivity contribution in [3.8, 4) is 0 Å². The molecule has 0 aromatic carbocycles. The topological polar surface area (TPSA) is 156 Å². The summed E-state index contributed by atoms with van der Waals surface area (Å²) in [5.41, 5.74) is 0. The molecular formula is H13KO5Si. The van der Waals surface area contributed by atoms with Crippen LogP contribution in [0.2, 0.25) is 0 Å². The van der Waals surface area contributed by atoms with E-state index in [4.69, 9.17) is 0 Å². The van der Waals surface area contributed by atoms with Gasteiger partial charge in [0.15, 0.2) is 0 Å². The predicted molar refractivity (Wildman–Crippen MR) is 27.7 cm³/mol. The van der Waals surface area contributed by atoms with E-state index in [-0.39, 0.29) is 89.7 Å². The fraction of sp³-hybridized carbons (Fsp3) is 0. The molecule has 0 saturated heterocycles. The SMILES string of the molecule is O.O.O.O.[K+].[OH-].[SiH4]. The van der Waals surface area contributed by atoms with Gasteiger partial charge < -0.3 is 27.4 Å². The maximum absolute atomic E-state index is 0. The molecule has 0 fully saturated rings. The molecule has 0 aliphatic rings. The van der Waals surface area contributed by atoms with Crippen molar-refractivity contribution in [2.24, 2.45) is 0 Å². The molecule has 0 radical (unpaired) electrons. The Balaban J connectivity index is 0. The number of rotatable bonds is 0. The first kappa shape index (κ1) is 185. The molecule has 7 heteroatoms. The van der Waals surface area contributed by atoms with E-state index >= 15 is 0 Å². The molecule has 5 nitrogen and oxygen atoms in total. The van der Waals surface area contributed by atoms with E-state index in [0.29, 0.717) is 0 Å². The van der Waals surface area contributed by atoms with Crippen LogP contribution in [0.5, 0.6) is 0 Å². The standard InChI is InChI=1S/K.5H2O.H4Si/h;5*1H2;1H4/q+1;;;;;;/p-1. The molecule has 0 aliphatic carbocycles. The number of hydrogen-bond acceptors (Lipinski definition) is 1. The molecule has 0 aliphatic heterocycles. The van der Waals surface area contributed by atoms with Crippen LogP contribution in [0.15, 0.2) is 0 Å². The van der Waals surface area contributed by atoms with Gasteiger partial charge in [-0.05, 0) is 11.0 Å². The first-order valence-electron chi connectivity index (χ1n) is 0. The quantitative estimate of drug-likeness (QED) is 0.317. The molecule has 0 spiro atoms. The molecule has 0 aromatic rings. The van der Waals surface area contributed by atoms with Crippen LogP contribution in [-0.4, -0.2) is 38.3 Å². The van der Waals surface area contributed by atoms with E-state index < -0.39 is 0 Å². The Morgan fingerprint density at radius 1 is 0.571 bits per heavy atom. The van der Waals surface area contributed by atoms with Crippen molar-refractivity contribution in [1.82, 2.24) is 0 Å². The smallest absolute Gasteiger partial charge is 0.870 e. The first-order valence-corrected chi connectivity index (χ1v) is 0. The number of hydrogen-bond donors (Lipinski definition) is 0. The predicted octanol–water partition coefficient (Wildman–Crippen LogP) is -7.92. The van der Waals surface area contributed by atoms with E-state index in [0.717, 1.165) is 0 Å². The van der Waals surface area contributed by atoms with Gasteiger partial charge in [0.05, 0.1) is 0 Å². The van der Waals surface area contributed by atoms with Gasteiger partial charge >= 0.3 is 51.4 Å². The van der Waals surface area contributed by atoms with Crippen LogP contribution < -0.4 is 51.4 Å². The van der Waals surface area contributed by atoms with Gasteiger partial charge in [0.25, 0.3) is 0 Å². The second-order valence-electron chi connectivity index (χ2n) is 0. The van der Waals surface area contributed by atoms with E-state index in [1.54, 1.807) is 0 Å². The van der Waals surface area contributed by atoms with Crippen LogP contribution >= 0.6 is 0 Å². The Hall–Kier alpha value is 1.65. The largest absolute Gasteiger partial charge is 1.00 e. The Morgan fingerprint density at radius 3 is 0.571 bits per heavy atom. The Bertz CT molecular complexity index is 8.04. The van der Waals surface area contributed by atoms with Crippen LogP contribution in [-0.2, 0) is 0 Å². The summed E-state index contributed by atoms with van der Waals surface area (Å²) >= 11 is 0. The van der Waals surface area contributed by atoms with Gasteiger partial charge in [0.1, 0.15) is 0 Å². The Morgan fingerprint density at radius 2 is 0.571 bits per heavy atom. The zero-order valence-corrected chi connectivity index (χ0v) is 6.57. The minimum atomic E-state index is 0. The van der Waals surface area contributed by atoms with Gasteiger partial charge in [-0.1, -0.05) is 0 Å². The molecule has 7 heavy (non-hydrogen) atoms. The van der Waals surface area contributed by atoms with Crippen molar-refractivity contribution in [2.45, 2.75) is 0 Å². The summed E-state index contributed by atoms with van der Waals surface area (Å²) in [4.78, 5) is 0. The molecule has 0 aromatic heterocycles. The van der Waals surface area contributed by atoms with Crippen LogP contribution in [0.4, 0.5) is 0 Å². The molecule has 0 unspecified atom stereocenters. The minimum absolute atomic E-state index is 0. The zero-order chi connectivity index (χ0) is 0. The summed E-state index contributed by atoms with van der Waals surface area (Å²) in [5, 5.41) is 0. The van der Waals surface area contributed by atoms with Crippen molar-refractivity contribution in [1.29, 1.82) is 0 Å². The van der Waals surface area contributed by atoms with E-state index in [1.165, 1.54) is 0 Å². The van der Waals surface area contributed by atoms with E-state index in [2.05, 4.69) is 0 Å². The zero-order valence-electron chi connectivity index (χ0n) is 3.45. The van der Waals surface area contributed by atoms with Crippen molar-refractivity contribution < 1.29 is 78.8 Å². The molecule has 9 N–H and O–H groups in total. The minimum Gasteiger partial charge on any atom is -0.870 e. The molecule has 0 rings (SSSR count). The van der Waals surface area contributed by atoms with Crippen LogP contribution in [0.25, 0.3) is 0 Å². The van der Waals surface area contributed by atoms with Crippen molar-refractivity contribution in [2.75, 3.05) is 0 Å². The maximum Gasteiger partial charge on any atom is 1.00 e. The van der Waals surface area contributed by atoms with Crippen LogP contribution in [0.3, 0.4) is 0 Å². The molecular weight excluding hydrogens is 147 g/mol. The summed E-state index contributed by atoms with van der Waals surface area (Å²) in [5.74, 6) is 0. The fourth-order valence-corrected chi connectivity index (χ4v) is 0. The van der Waals surface area contributed by atoms with Gasteiger partial charge in [-0.25, -0.2) is 0 Å².